The minimum atomic E-state index is 0.0186. The largest absolute Gasteiger partial charge is 0.476 e. The molecule has 0 aliphatic carbocycles. The Hall–Kier alpha value is -2.04. The highest BCUT2D eigenvalue weighted by Crippen LogP contribution is 2.26. The number of nitriles is 1. The summed E-state index contributed by atoms with van der Waals surface area (Å²) in [7, 11) is 0. The first-order valence-electron chi connectivity index (χ1n) is 5.95. The number of halogens is 1. The highest BCUT2D eigenvalue weighted by molar-refractivity contribution is 9.10. The van der Waals surface area contributed by atoms with Crippen LogP contribution in [0.5, 0.6) is 5.88 Å². The van der Waals surface area contributed by atoms with Crippen molar-refractivity contribution in [1.82, 2.24) is 9.78 Å². The van der Waals surface area contributed by atoms with Gasteiger partial charge >= 0.3 is 0 Å². The van der Waals surface area contributed by atoms with Gasteiger partial charge in [0.2, 0.25) is 0 Å². The third-order valence-corrected chi connectivity index (χ3v) is 3.14. The lowest BCUT2D eigenvalue weighted by Crippen LogP contribution is -2.03. The number of aliphatic hydroxyl groups is 1. The maximum absolute atomic E-state index is 9.14. The van der Waals surface area contributed by atoms with Gasteiger partial charge in [-0.1, -0.05) is 15.9 Å². The van der Waals surface area contributed by atoms with E-state index >= 15 is 0 Å². The Kier molecular flexibility index (Phi) is 4.61. The number of hydrogen-bond acceptors (Lipinski definition) is 5. The lowest BCUT2D eigenvalue weighted by Gasteiger charge is -2.03. The van der Waals surface area contributed by atoms with Crippen LogP contribution in [0.15, 0.2) is 28.7 Å². The van der Waals surface area contributed by atoms with Crippen LogP contribution in [0, 0.1) is 11.3 Å². The summed E-state index contributed by atoms with van der Waals surface area (Å²) in [5.41, 5.74) is 6.86. The van der Waals surface area contributed by atoms with E-state index in [1.165, 1.54) is 4.68 Å². The lowest BCUT2D eigenvalue weighted by molar-refractivity contribution is 0.228. The van der Waals surface area contributed by atoms with Gasteiger partial charge in [-0.3, -0.25) is 0 Å². The molecule has 0 fully saturated rings. The van der Waals surface area contributed by atoms with Crippen molar-refractivity contribution in [3.63, 3.8) is 0 Å². The van der Waals surface area contributed by atoms with E-state index in [0.29, 0.717) is 6.42 Å². The van der Waals surface area contributed by atoms with E-state index in [1.807, 2.05) is 30.3 Å². The molecule has 2 aromatic rings. The van der Waals surface area contributed by atoms with Gasteiger partial charge in [-0.05, 0) is 24.3 Å². The van der Waals surface area contributed by atoms with Crippen LogP contribution in [0.4, 0.5) is 5.82 Å². The van der Waals surface area contributed by atoms with Gasteiger partial charge in [0, 0.05) is 17.5 Å². The van der Waals surface area contributed by atoms with Crippen LogP contribution >= 0.6 is 15.9 Å². The Morgan fingerprint density at radius 1 is 1.40 bits per heavy atom. The second-order valence-corrected chi connectivity index (χ2v) is 4.91. The summed E-state index contributed by atoms with van der Waals surface area (Å²) in [4.78, 5) is 0. The molecule has 0 bridgehead atoms. The summed E-state index contributed by atoms with van der Waals surface area (Å²) in [5, 5.41) is 22.1. The number of nitrogens with zero attached hydrogens (tertiary/aromatic N) is 3. The molecule has 1 aromatic carbocycles. The van der Waals surface area contributed by atoms with E-state index in [0.717, 1.165) is 10.2 Å². The fraction of sp³-hybridized carbons (Fsp3) is 0.231. The van der Waals surface area contributed by atoms with Crippen LogP contribution < -0.4 is 10.5 Å². The molecule has 7 heteroatoms. The van der Waals surface area contributed by atoms with Crippen molar-refractivity contribution < 1.29 is 9.84 Å². The van der Waals surface area contributed by atoms with E-state index in [2.05, 4.69) is 21.0 Å². The van der Waals surface area contributed by atoms with Gasteiger partial charge in [0.1, 0.15) is 11.9 Å². The Morgan fingerprint density at radius 2 is 2.10 bits per heavy atom. The molecule has 0 amide bonds. The maximum Gasteiger partial charge on any atom is 0.253 e. The fourth-order valence-electron chi connectivity index (χ4n) is 1.63. The van der Waals surface area contributed by atoms with Crippen LogP contribution in [0.2, 0.25) is 0 Å². The number of aromatic nitrogens is 2. The third kappa shape index (κ3) is 2.92. The van der Waals surface area contributed by atoms with Gasteiger partial charge < -0.3 is 15.6 Å². The number of anilines is 1. The average molecular weight is 337 g/mol. The first-order valence-corrected chi connectivity index (χ1v) is 6.75. The standard InChI is InChI=1S/C13H13BrN4O2/c14-9-2-4-10(5-3-9)18-12(16)11(8-15)13(17-18)20-7-1-6-19/h2-5,19H,1,6-7,16H2. The summed E-state index contributed by atoms with van der Waals surface area (Å²) < 4.78 is 7.77. The van der Waals surface area contributed by atoms with Gasteiger partial charge in [-0.15, -0.1) is 5.10 Å². The Morgan fingerprint density at radius 3 is 2.70 bits per heavy atom. The number of nitrogens with two attached hydrogens (primary N) is 1. The van der Waals surface area contributed by atoms with Gasteiger partial charge in [0.05, 0.1) is 12.3 Å². The molecule has 0 spiro atoms. The first-order chi connectivity index (χ1) is 9.67. The van der Waals surface area contributed by atoms with Crippen molar-refractivity contribution in [3.05, 3.63) is 34.3 Å². The second kappa shape index (κ2) is 6.41. The van der Waals surface area contributed by atoms with Crippen molar-refractivity contribution >= 4 is 21.7 Å². The van der Waals surface area contributed by atoms with E-state index in [-0.39, 0.29) is 30.5 Å². The molecule has 104 valence electrons. The molecule has 6 nitrogen and oxygen atoms in total. The summed E-state index contributed by atoms with van der Waals surface area (Å²) in [6, 6.07) is 9.35. The summed E-state index contributed by atoms with van der Waals surface area (Å²) in [6.07, 6.45) is 0.468. The minimum Gasteiger partial charge on any atom is -0.476 e. The number of nitrogen functional groups attached to an aromatic ring is 1. The number of rotatable bonds is 5. The van der Waals surface area contributed by atoms with Crippen LogP contribution in [0.25, 0.3) is 5.69 Å². The first kappa shape index (κ1) is 14.4. The van der Waals surface area contributed by atoms with Gasteiger partial charge in [-0.25, -0.2) is 4.68 Å². The monoisotopic (exact) mass is 336 g/mol. The molecule has 0 atom stereocenters. The van der Waals surface area contributed by atoms with Crippen molar-refractivity contribution in [3.8, 4) is 17.6 Å². The molecule has 1 aromatic heterocycles. The van der Waals surface area contributed by atoms with E-state index in [1.54, 1.807) is 0 Å². The Balaban J connectivity index is 2.35. The van der Waals surface area contributed by atoms with E-state index in [9.17, 15) is 0 Å². The molecule has 20 heavy (non-hydrogen) atoms. The van der Waals surface area contributed by atoms with Crippen LogP contribution in [-0.2, 0) is 0 Å². The molecular formula is C13H13BrN4O2. The SMILES string of the molecule is N#Cc1c(OCCCO)nn(-c2ccc(Br)cc2)c1N. The number of ether oxygens (including phenoxy) is 1. The van der Waals surface area contributed by atoms with E-state index < -0.39 is 0 Å². The zero-order chi connectivity index (χ0) is 14.5. The van der Waals surface area contributed by atoms with Crippen molar-refractivity contribution in [2.24, 2.45) is 0 Å². The predicted octanol–water partition coefficient (Wildman–Crippen LogP) is 1.85. The summed E-state index contributed by atoms with van der Waals surface area (Å²) >= 11 is 3.35. The molecule has 0 aliphatic rings. The predicted molar refractivity (Wildman–Crippen MR) is 77.6 cm³/mol. The topological polar surface area (TPSA) is 97.1 Å². The number of hydrogen-bond donors (Lipinski definition) is 2. The molecule has 0 aliphatic heterocycles. The molecule has 3 N–H and O–H groups in total. The third-order valence-electron chi connectivity index (χ3n) is 2.61. The van der Waals surface area contributed by atoms with Crippen molar-refractivity contribution in [2.75, 3.05) is 18.9 Å². The molecule has 1 heterocycles. The fourth-order valence-corrected chi connectivity index (χ4v) is 1.89. The quantitative estimate of drug-likeness (QED) is 0.812. The van der Waals surface area contributed by atoms with Crippen LogP contribution in [0.3, 0.4) is 0 Å². The number of aliphatic hydroxyl groups excluding tert-OH is 1. The Labute approximate surface area is 124 Å². The molecular weight excluding hydrogens is 324 g/mol. The van der Waals surface area contributed by atoms with Gasteiger partial charge in [0.15, 0.2) is 5.56 Å². The van der Waals surface area contributed by atoms with Crippen molar-refractivity contribution in [2.45, 2.75) is 6.42 Å². The lowest BCUT2D eigenvalue weighted by atomic mass is 10.3. The zero-order valence-corrected chi connectivity index (χ0v) is 12.2. The molecule has 0 radical (unpaired) electrons. The minimum absolute atomic E-state index is 0.0186. The van der Waals surface area contributed by atoms with E-state index in [4.69, 9.17) is 20.8 Å². The van der Waals surface area contributed by atoms with Gasteiger partial charge in [0.25, 0.3) is 5.88 Å². The smallest absolute Gasteiger partial charge is 0.253 e. The van der Waals surface area contributed by atoms with Gasteiger partial charge in [-0.2, -0.15) is 5.26 Å². The normalized spacial score (nSPS) is 10.2. The maximum atomic E-state index is 9.14. The van der Waals surface area contributed by atoms with Crippen LogP contribution in [0.1, 0.15) is 12.0 Å². The second-order valence-electron chi connectivity index (χ2n) is 3.99. The molecule has 0 saturated heterocycles. The summed E-state index contributed by atoms with van der Waals surface area (Å²) in [6.45, 7) is 0.298. The average Bonchev–Trinajstić information content (AvgIpc) is 2.76. The summed E-state index contributed by atoms with van der Waals surface area (Å²) in [5.74, 6) is 0.412. The van der Waals surface area contributed by atoms with Crippen molar-refractivity contribution in [1.29, 1.82) is 5.26 Å². The molecule has 0 unspecified atom stereocenters. The number of benzene rings is 1. The molecule has 0 saturated carbocycles. The Bertz CT molecular complexity index is 631. The molecule has 2 rings (SSSR count). The highest BCUT2D eigenvalue weighted by atomic mass is 79.9. The highest BCUT2D eigenvalue weighted by Gasteiger charge is 2.17. The van der Waals surface area contributed by atoms with Crippen LogP contribution in [-0.4, -0.2) is 28.1 Å². The zero-order valence-electron chi connectivity index (χ0n) is 10.6.